The molecule has 1 aromatic rings. The molecule has 4 atom stereocenters. The van der Waals surface area contributed by atoms with Crippen molar-refractivity contribution >= 4 is 11.9 Å². The number of hydrogen-bond donors (Lipinski definition) is 2. The fourth-order valence-electron chi connectivity index (χ4n) is 3.28. The van der Waals surface area contributed by atoms with Crippen molar-refractivity contribution in [1.29, 1.82) is 0 Å². The van der Waals surface area contributed by atoms with E-state index < -0.39 is 29.6 Å². The zero-order valence-electron chi connectivity index (χ0n) is 12.1. The van der Waals surface area contributed by atoms with Gasteiger partial charge in [-0.2, -0.15) is 0 Å². The first kappa shape index (κ1) is 14.1. The van der Waals surface area contributed by atoms with Gasteiger partial charge in [0.05, 0.1) is 12.0 Å². The van der Waals surface area contributed by atoms with Crippen molar-refractivity contribution in [3.05, 3.63) is 35.9 Å². The number of aliphatic hydroxyl groups is 1. The first-order valence-corrected chi connectivity index (χ1v) is 7.22. The van der Waals surface area contributed by atoms with Gasteiger partial charge in [0, 0.05) is 0 Å². The Morgan fingerprint density at radius 2 is 1.95 bits per heavy atom. The summed E-state index contributed by atoms with van der Waals surface area (Å²) in [6, 6.07) is 9.60. The molecule has 2 aliphatic rings. The standard InChI is InChI=1S/C16H19NO4/c1-9(2)12(18)16-13(21-15(16)20)11(14(19)17-16)8-10-6-4-3-5-7-10/h3-7,9,11-13,18H,8H2,1-2H3,(H,17,19)/t11-,12+,13+,16-/m1/s1. The van der Waals surface area contributed by atoms with Gasteiger partial charge in [-0.15, -0.1) is 0 Å². The molecule has 2 fully saturated rings. The van der Waals surface area contributed by atoms with Crippen LogP contribution >= 0.6 is 0 Å². The first-order valence-electron chi connectivity index (χ1n) is 7.22. The molecule has 5 heteroatoms. The third-order valence-electron chi connectivity index (χ3n) is 4.45. The molecule has 2 saturated heterocycles. The number of fused-ring (bicyclic) bond motifs is 1. The van der Waals surface area contributed by atoms with E-state index in [4.69, 9.17) is 4.74 Å². The number of nitrogens with one attached hydrogen (secondary N) is 1. The minimum atomic E-state index is -1.26. The summed E-state index contributed by atoms with van der Waals surface area (Å²) < 4.78 is 5.21. The second kappa shape index (κ2) is 4.84. The number of aliphatic hydroxyl groups excluding tert-OH is 1. The van der Waals surface area contributed by atoms with Gasteiger partial charge in [-0.3, -0.25) is 4.79 Å². The number of ether oxygens (including phenoxy) is 1. The van der Waals surface area contributed by atoms with Gasteiger partial charge >= 0.3 is 5.97 Å². The molecule has 0 aromatic heterocycles. The Kier molecular flexibility index (Phi) is 3.24. The zero-order chi connectivity index (χ0) is 15.2. The molecule has 0 radical (unpaired) electrons. The molecule has 2 heterocycles. The Morgan fingerprint density at radius 1 is 1.29 bits per heavy atom. The maximum Gasteiger partial charge on any atom is 0.338 e. The summed E-state index contributed by atoms with van der Waals surface area (Å²) in [7, 11) is 0. The molecule has 3 rings (SSSR count). The van der Waals surface area contributed by atoms with Gasteiger partial charge < -0.3 is 15.2 Å². The minimum Gasteiger partial charge on any atom is -0.456 e. The van der Waals surface area contributed by atoms with Crippen molar-refractivity contribution in [2.45, 2.75) is 38.0 Å². The summed E-state index contributed by atoms with van der Waals surface area (Å²) in [5.41, 5.74) is -0.250. The Morgan fingerprint density at radius 3 is 2.52 bits per heavy atom. The van der Waals surface area contributed by atoms with Gasteiger partial charge in [-0.05, 0) is 17.9 Å². The van der Waals surface area contributed by atoms with Crippen molar-refractivity contribution in [2.24, 2.45) is 11.8 Å². The van der Waals surface area contributed by atoms with Crippen LogP contribution in [0.3, 0.4) is 0 Å². The highest BCUT2D eigenvalue weighted by atomic mass is 16.6. The quantitative estimate of drug-likeness (QED) is 0.798. The SMILES string of the molecule is CC(C)[C@H](O)[C@@]12NC(=O)[C@H](Cc3ccccc3)[C@@H]1OC2=O. The predicted octanol–water partition coefficient (Wildman–Crippen LogP) is 0.656. The number of esters is 1. The second-order valence-electron chi connectivity index (χ2n) is 6.17. The van der Waals surface area contributed by atoms with E-state index in [2.05, 4.69) is 5.32 Å². The van der Waals surface area contributed by atoms with Crippen LogP contribution in [0.15, 0.2) is 30.3 Å². The van der Waals surface area contributed by atoms with Gasteiger partial charge in [0.2, 0.25) is 11.4 Å². The van der Waals surface area contributed by atoms with Crippen LogP contribution in [0, 0.1) is 11.8 Å². The highest BCUT2D eigenvalue weighted by molar-refractivity contribution is 6.00. The van der Waals surface area contributed by atoms with Gasteiger partial charge in [0.25, 0.3) is 0 Å². The van der Waals surface area contributed by atoms with Crippen LogP contribution in [0.4, 0.5) is 0 Å². The molecule has 0 bridgehead atoms. The van der Waals surface area contributed by atoms with E-state index in [0.717, 1.165) is 5.56 Å². The first-order chi connectivity index (χ1) is 9.96. The Balaban J connectivity index is 1.86. The van der Waals surface area contributed by atoms with E-state index >= 15 is 0 Å². The Hall–Kier alpha value is -1.88. The molecule has 2 aliphatic heterocycles. The topological polar surface area (TPSA) is 75.6 Å². The third-order valence-corrected chi connectivity index (χ3v) is 4.45. The molecule has 0 spiro atoms. The average molecular weight is 289 g/mol. The molecule has 112 valence electrons. The van der Waals surface area contributed by atoms with Crippen LogP contribution in [-0.2, 0) is 20.7 Å². The van der Waals surface area contributed by atoms with E-state index in [0.29, 0.717) is 6.42 Å². The Labute approximate surface area is 123 Å². The van der Waals surface area contributed by atoms with E-state index in [1.807, 2.05) is 44.2 Å². The summed E-state index contributed by atoms with van der Waals surface area (Å²) in [5, 5.41) is 13.1. The highest BCUT2D eigenvalue weighted by Crippen LogP contribution is 2.43. The summed E-state index contributed by atoms with van der Waals surface area (Å²) >= 11 is 0. The van der Waals surface area contributed by atoms with Gasteiger partial charge in [0.15, 0.2) is 6.10 Å². The van der Waals surface area contributed by atoms with Crippen molar-refractivity contribution in [2.75, 3.05) is 0 Å². The zero-order valence-corrected chi connectivity index (χ0v) is 12.1. The van der Waals surface area contributed by atoms with Crippen molar-refractivity contribution in [3.63, 3.8) is 0 Å². The molecular formula is C16H19NO4. The van der Waals surface area contributed by atoms with E-state index in [1.165, 1.54) is 0 Å². The van der Waals surface area contributed by atoms with Crippen LogP contribution < -0.4 is 5.32 Å². The monoisotopic (exact) mass is 289 g/mol. The summed E-state index contributed by atoms with van der Waals surface area (Å²) in [5.74, 6) is -1.35. The average Bonchev–Trinajstić information content (AvgIpc) is 2.69. The predicted molar refractivity (Wildman–Crippen MR) is 75.2 cm³/mol. The van der Waals surface area contributed by atoms with Gasteiger partial charge in [0.1, 0.15) is 0 Å². The van der Waals surface area contributed by atoms with Gasteiger partial charge in [-0.25, -0.2) is 4.79 Å². The maximum atomic E-state index is 12.3. The fourth-order valence-corrected chi connectivity index (χ4v) is 3.28. The smallest absolute Gasteiger partial charge is 0.338 e. The number of amides is 1. The summed E-state index contributed by atoms with van der Waals surface area (Å²) in [6.45, 7) is 3.64. The molecule has 1 amide bonds. The number of carbonyl (C=O) groups excluding carboxylic acids is 2. The van der Waals surface area contributed by atoms with Crippen LogP contribution in [0.2, 0.25) is 0 Å². The molecule has 2 N–H and O–H groups in total. The van der Waals surface area contributed by atoms with Gasteiger partial charge in [-0.1, -0.05) is 44.2 Å². The minimum absolute atomic E-state index is 0.142. The molecule has 1 aromatic carbocycles. The Bertz CT molecular complexity index is 571. The number of hydrogen-bond acceptors (Lipinski definition) is 4. The lowest BCUT2D eigenvalue weighted by molar-refractivity contribution is -0.207. The third kappa shape index (κ3) is 1.95. The van der Waals surface area contributed by atoms with E-state index in [1.54, 1.807) is 0 Å². The molecular weight excluding hydrogens is 270 g/mol. The summed E-state index contributed by atoms with van der Waals surface area (Å²) in [6.07, 6.45) is -1.03. The maximum absolute atomic E-state index is 12.3. The van der Waals surface area contributed by atoms with Crippen molar-refractivity contribution < 1.29 is 19.4 Å². The fraction of sp³-hybridized carbons (Fsp3) is 0.500. The number of benzene rings is 1. The molecule has 21 heavy (non-hydrogen) atoms. The van der Waals surface area contributed by atoms with Crippen LogP contribution in [0.25, 0.3) is 0 Å². The van der Waals surface area contributed by atoms with E-state index in [-0.39, 0.29) is 11.8 Å². The molecule has 0 saturated carbocycles. The largest absolute Gasteiger partial charge is 0.456 e. The lowest BCUT2D eigenvalue weighted by Crippen LogP contribution is -2.74. The van der Waals surface area contributed by atoms with Crippen LogP contribution in [0.1, 0.15) is 19.4 Å². The lowest BCUT2D eigenvalue weighted by Gasteiger charge is -2.46. The van der Waals surface area contributed by atoms with Crippen LogP contribution in [0.5, 0.6) is 0 Å². The normalized spacial score (nSPS) is 32.2. The number of rotatable bonds is 4. The van der Waals surface area contributed by atoms with Crippen molar-refractivity contribution in [3.8, 4) is 0 Å². The molecule has 0 aliphatic carbocycles. The van der Waals surface area contributed by atoms with Crippen LogP contribution in [-0.4, -0.2) is 34.7 Å². The highest BCUT2D eigenvalue weighted by Gasteiger charge is 2.71. The number of carbonyl (C=O) groups is 2. The van der Waals surface area contributed by atoms with Crippen molar-refractivity contribution in [1.82, 2.24) is 5.32 Å². The second-order valence-corrected chi connectivity index (χ2v) is 6.17. The van der Waals surface area contributed by atoms with E-state index in [9.17, 15) is 14.7 Å². The molecule has 0 unspecified atom stereocenters. The molecule has 5 nitrogen and oxygen atoms in total. The lowest BCUT2D eigenvalue weighted by atomic mass is 9.74. The summed E-state index contributed by atoms with van der Waals surface area (Å²) in [4.78, 5) is 24.2.